The smallest absolute Gasteiger partial charge is 0.0467 e. The predicted molar refractivity (Wildman–Crippen MR) is 71.8 cm³/mol. The molecular formula is C14H31NO. The van der Waals surface area contributed by atoms with Crippen molar-refractivity contribution in [2.75, 3.05) is 33.9 Å². The third kappa shape index (κ3) is 4.42. The van der Waals surface area contributed by atoms with E-state index in [1.807, 2.05) is 21.0 Å². The molecule has 0 N–H and O–H groups in total. The lowest BCUT2D eigenvalue weighted by Crippen LogP contribution is -2.41. The van der Waals surface area contributed by atoms with Crippen molar-refractivity contribution in [1.29, 1.82) is 0 Å². The van der Waals surface area contributed by atoms with E-state index >= 15 is 0 Å². The van der Waals surface area contributed by atoms with E-state index in [9.17, 15) is 0 Å². The summed E-state index contributed by atoms with van der Waals surface area (Å²) in [6.45, 7) is 12.1. The molecule has 1 fully saturated rings. The minimum absolute atomic E-state index is 0.544. The van der Waals surface area contributed by atoms with Gasteiger partial charge < -0.3 is 9.64 Å². The lowest BCUT2D eigenvalue weighted by molar-refractivity contribution is 0.0367. The van der Waals surface area contributed by atoms with Crippen LogP contribution in [-0.4, -0.2) is 38.8 Å². The SMILES string of the molecule is CC.COCCC1(C(C)C)CCN(C)CC1. The maximum absolute atomic E-state index is 5.23. The van der Waals surface area contributed by atoms with Gasteiger partial charge in [-0.2, -0.15) is 0 Å². The van der Waals surface area contributed by atoms with Gasteiger partial charge in [-0.1, -0.05) is 27.7 Å². The van der Waals surface area contributed by atoms with Crippen molar-refractivity contribution in [2.45, 2.75) is 47.0 Å². The first-order chi connectivity index (χ1) is 7.60. The van der Waals surface area contributed by atoms with Crippen LogP contribution in [-0.2, 0) is 4.74 Å². The van der Waals surface area contributed by atoms with Crippen LogP contribution in [0.1, 0.15) is 47.0 Å². The van der Waals surface area contributed by atoms with Gasteiger partial charge in [0.15, 0.2) is 0 Å². The summed E-state index contributed by atoms with van der Waals surface area (Å²) in [6, 6.07) is 0. The summed E-state index contributed by atoms with van der Waals surface area (Å²) in [5.74, 6) is 0.784. The summed E-state index contributed by atoms with van der Waals surface area (Å²) in [4.78, 5) is 2.44. The third-order valence-electron chi connectivity index (χ3n) is 4.01. The zero-order valence-corrected chi connectivity index (χ0v) is 12.2. The van der Waals surface area contributed by atoms with E-state index in [2.05, 4.69) is 25.8 Å². The first kappa shape index (κ1) is 15.9. The molecule has 1 aliphatic rings. The predicted octanol–water partition coefficient (Wildman–Crippen LogP) is 3.42. The van der Waals surface area contributed by atoms with Crippen molar-refractivity contribution in [3.05, 3.63) is 0 Å². The zero-order chi connectivity index (χ0) is 12.6. The van der Waals surface area contributed by atoms with Crippen LogP contribution < -0.4 is 0 Å². The molecule has 0 aromatic carbocycles. The molecule has 1 aliphatic heterocycles. The average molecular weight is 229 g/mol. The van der Waals surface area contributed by atoms with Crippen molar-refractivity contribution >= 4 is 0 Å². The molecule has 0 aliphatic carbocycles. The number of methoxy groups -OCH3 is 1. The Hall–Kier alpha value is -0.0800. The fourth-order valence-corrected chi connectivity index (χ4v) is 2.49. The van der Waals surface area contributed by atoms with Gasteiger partial charge in [0.25, 0.3) is 0 Å². The summed E-state index contributed by atoms with van der Waals surface area (Å²) < 4.78 is 5.23. The monoisotopic (exact) mass is 229 g/mol. The fraction of sp³-hybridized carbons (Fsp3) is 1.00. The van der Waals surface area contributed by atoms with Gasteiger partial charge in [0, 0.05) is 13.7 Å². The first-order valence-electron chi connectivity index (χ1n) is 6.78. The van der Waals surface area contributed by atoms with Gasteiger partial charge >= 0.3 is 0 Å². The van der Waals surface area contributed by atoms with Gasteiger partial charge in [-0.05, 0) is 50.7 Å². The van der Waals surface area contributed by atoms with E-state index in [1.165, 1.54) is 32.4 Å². The third-order valence-corrected chi connectivity index (χ3v) is 4.01. The van der Waals surface area contributed by atoms with Crippen LogP contribution in [0.4, 0.5) is 0 Å². The van der Waals surface area contributed by atoms with Crippen molar-refractivity contribution in [3.8, 4) is 0 Å². The molecule has 0 bridgehead atoms. The highest BCUT2D eigenvalue weighted by atomic mass is 16.5. The number of piperidine rings is 1. The number of hydrogen-bond donors (Lipinski definition) is 0. The molecule has 0 atom stereocenters. The lowest BCUT2D eigenvalue weighted by Gasteiger charge is -2.44. The maximum Gasteiger partial charge on any atom is 0.0467 e. The lowest BCUT2D eigenvalue weighted by atomic mass is 9.68. The van der Waals surface area contributed by atoms with Gasteiger partial charge in [-0.15, -0.1) is 0 Å². The summed E-state index contributed by atoms with van der Waals surface area (Å²) >= 11 is 0. The Morgan fingerprint density at radius 1 is 1.19 bits per heavy atom. The fourth-order valence-electron chi connectivity index (χ4n) is 2.49. The molecule has 0 aromatic rings. The maximum atomic E-state index is 5.23. The molecule has 1 rings (SSSR count). The van der Waals surface area contributed by atoms with Crippen molar-refractivity contribution in [3.63, 3.8) is 0 Å². The van der Waals surface area contributed by atoms with Crippen LogP contribution in [0, 0.1) is 11.3 Å². The Morgan fingerprint density at radius 3 is 2.06 bits per heavy atom. The number of hydrogen-bond acceptors (Lipinski definition) is 2. The normalized spacial score (nSPS) is 20.4. The molecule has 0 saturated carbocycles. The highest BCUT2D eigenvalue weighted by molar-refractivity contribution is 4.87. The number of rotatable bonds is 4. The van der Waals surface area contributed by atoms with Crippen LogP contribution in [0.3, 0.4) is 0 Å². The van der Waals surface area contributed by atoms with E-state index in [-0.39, 0.29) is 0 Å². The molecule has 0 radical (unpaired) electrons. The van der Waals surface area contributed by atoms with E-state index < -0.39 is 0 Å². The van der Waals surface area contributed by atoms with Gasteiger partial charge in [0.1, 0.15) is 0 Å². The highest BCUT2D eigenvalue weighted by Gasteiger charge is 2.35. The minimum Gasteiger partial charge on any atom is -0.385 e. The van der Waals surface area contributed by atoms with Crippen LogP contribution in [0.2, 0.25) is 0 Å². The zero-order valence-electron chi connectivity index (χ0n) is 12.2. The standard InChI is InChI=1S/C12H25NO.C2H6/c1-11(2)12(7-10-14-4)5-8-13(3)9-6-12;1-2/h11H,5-10H2,1-4H3;1-2H3. The molecular weight excluding hydrogens is 198 g/mol. The second-order valence-corrected chi connectivity index (χ2v) is 5.06. The van der Waals surface area contributed by atoms with Gasteiger partial charge in [-0.25, -0.2) is 0 Å². The summed E-state index contributed by atoms with van der Waals surface area (Å²) in [5, 5.41) is 0. The molecule has 2 heteroatoms. The van der Waals surface area contributed by atoms with E-state index in [1.54, 1.807) is 0 Å². The molecule has 0 aromatic heterocycles. The van der Waals surface area contributed by atoms with Crippen molar-refractivity contribution < 1.29 is 4.74 Å². The summed E-state index contributed by atoms with van der Waals surface area (Å²) in [5.41, 5.74) is 0.544. The average Bonchev–Trinajstić information content (AvgIpc) is 2.31. The van der Waals surface area contributed by atoms with E-state index in [0.717, 1.165) is 12.5 Å². The molecule has 0 unspecified atom stereocenters. The second kappa shape index (κ2) is 8.08. The second-order valence-electron chi connectivity index (χ2n) is 5.06. The highest BCUT2D eigenvalue weighted by Crippen LogP contribution is 2.41. The van der Waals surface area contributed by atoms with Crippen molar-refractivity contribution in [2.24, 2.45) is 11.3 Å². The van der Waals surface area contributed by atoms with E-state index in [0.29, 0.717) is 5.41 Å². The van der Waals surface area contributed by atoms with Gasteiger partial charge in [-0.3, -0.25) is 0 Å². The molecule has 16 heavy (non-hydrogen) atoms. The molecule has 2 nitrogen and oxygen atoms in total. The Morgan fingerprint density at radius 2 is 1.69 bits per heavy atom. The molecule has 0 spiro atoms. The van der Waals surface area contributed by atoms with Crippen LogP contribution in [0.15, 0.2) is 0 Å². The summed E-state index contributed by atoms with van der Waals surface area (Å²) in [7, 11) is 4.03. The van der Waals surface area contributed by atoms with Crippen LogP contribution >= 0.6 is 0 Å². The largest absolute Gasteiger partial charge is 0.385 e. The van der Waals surface area contributed by atoms with Crippen LogP contribution in [0.25, 0.3) is 0 Å². The Kier molecular flexibility index (Phi) is 8.04. The topological polar surface area (TPSA) is 12.5 Å². The Labute approximate surface area is 102 Å². The molecule has 1 heterocycles. The van der Waals surface area contributed by atoms with E-state index in [4.69, 9.17) is 4.74 Å². The molecule has 0 amide bonds. The molecule has 1 saturated heterocycles. The van der Waals surface area contributed by atoms with Crippen LogP contribution in [0.5, 0.6) is 0 Å². The number of nitrogens with zero attached hydrogens (tertiary/aromatic N) is 1. The minimum atomic E-state index is 0.544. The van der Waals surface area contributed by atoms with Crippen molar-refractivity contribution in [1.82, 2.24) is 4.90 Å². The van der Waals surface area contributed by atoms with Gasteiger partial charge in [0.2, 0.25) is 0 Å². The molecule has 98 valence electrons. The Bertz CT molecular complexity index is 155. The first-order valence-corrected chi connectivity index (χ1v) is 6.78. The summed E-state index contributed by atoms with van der Waals surface area (Å²) in [6.07, 6.45) is 3.91. The number of likely N-dealkylation sites (tertiary alicyclic amines) is 1. The van der Waals surface area contributed by atoms with Gasteiger partial charge in [0.05, 0.1) is 0 Å². The Balaban J connectivity index is 0.00000106. The quantitative estimate of drug-likeness (QED) is 0.732. The number of ether oxygens (including phenoxy) is 1.